The number of phenolic OH excluding ortho intramolecular Hbond substituents is 1. The summed E-state index contributed by atoms with van der Waals surface area (Å²) in [4.78, 5) is 11.3. The molecule has 0 fully saturated rings. The molecule has 70 valence electrons. The summed E-state index contributed by atoms with van der Waals surface area (Å²) in [5.74, 6) is 0.117. The Balaban J connectivity index is 3.26. The van der Waals surface area contributed by atoms with Gasteiger partial charge in [-0.05, 0) is 37.1 Å². The molecule has 0 saturated heterocycles. The summed E-state index contributed by atoms with van der Waals surface area (Å²) in [6, 6.07) is 3.12. The first-order valence-electron chi connectivity index (χ1n) is 4.10. The second-order valence-corrected chi connectivity index (χ2v) is 3.01. The molecule has 0 amide bonds. The normalized spacial score (nSPS) is 10.1. The molecule has 3 heteroatoms. The van der Waals surface area contributed by atoms with E-state index in [4.69, 9.17) is 5.73 Å². The average molecular weight is 179 g/mol. The summed E-state index contributed by atoms with van der Waals surface area (Å²) in [5, 5.41) is 9.34. The Labute approximate surface area is 77.2 Å². The molecule has 0 aromatic heterocycles. The maximum atomic E-state index is 11.3. The minimum absolute atomic E-state index is 0.00502. The molecule has 0 unspecified atom stereocenters. The maximum Gasteiger partial charge on any atom is 0.176 e. The number of nitrogens with two attached hydrogens (primary N) is 1. The lowest BCUT2D eigenvalue weighted by atomic mass is 9.99. The van der Waals surface area contributed by atoms with Gasteiger partial charge in [0.05, 0.1) is 6.54 Å². The molecule has 1 rings (SSSR count). The number of carbonyl (C=O) groups is 1. The van der Waals surface area contributed by atoms with E-state index in [9.17, 15) is 9.90 Å². The molecule has 0 saturated carbocycles. The van der Waals surface area contributed by atoms with Crippen LogP contribution in [0.1, 0.15) is 21.5 Å². The van der Waals surface area contributed by atoms with Gasteiger partial charge >= 0.3 is 0 Å². The lowest BCUT2D eigenvalue weighted by molar-refractivity contribution is 0.100. The Morgan fingerprint density at radius 1 is 1.38 bits per heavy atom. The number of benzene rings is 1. The topological polar surface area (TPSA) is 63.3 Å². The van der Waals surface area contributed by atoms with E-state index in [2.05, 4.69) is 0 Å². The van der Waals surface area contributed by atoms with E-state index in [0.717, 1.165) is 11.1 Å². The molecule has 0 atom stereocenters. The van der Waals surface area contributed by atoms with Crippen molar-refractivity contribution in [3.05, 3.63) is 28.8 Å². The number of rotatable bonds is 2. The predicted octanol–water partition coefficient (Wildman–Crippen LogP) is 1.15. The van der Waals surface area contributed by atoms with Crippen molar-refractivity contribution in [3.8, 4) is 5.75 Å². The van der Waals surface area contributed by atoms with E-state index >= 15 is 0 Å². The van der Waals surface area contributed by atoms with E-state index in [0.29, 0.717) is 5.56 Å². The first-order valence-corrected chi connectivity index (χ1v) is 4.10. The van der Waals surface area contributed by atoms with Crippen LogP contribution in [-0.2, 0) is 0 Å². The van der Waals surface area contributed by atoms with E-state index in [1.54, 1.807) is 19.9 Å². The van der Waals surface area contributed by atoms with Crippen LogP contribution in [0.4, 0.5) is 0 Å². The van der Waals surface area contributed by atoms with Crippen LogP contribution in [0, 0.1) is 13.8 Å². The van der Waals surface area contributed by atoms with Gasteiger partial charge in [0.1, 0.15) is 5.75 Å². The minimum atomic E-state index is -0.0967. The van der Waals surface area contributed by atoms with Gasteiger partial charge in [-0.2, -0.15) is 0 Å². The molecule has 3 nitrogen and oxygen atoms in total. The molecule has 13 heavy (non-hydrogen) atoms. The van der Waals surface area contributed by atoms with Crippen molar-refractivity contribution in [1.29, 1.82) is 0 Å². The van der Waals surface area contributed by atoms with Crippen molar-refractivity contribution in [2.75, 3.05) is 6.54 Å². The smallest absolute Gasteiger partial charge is 0.176 e. The summed E-state index contributed by atoms with van der Waals surface area (Å²) in [6.45, 7) is 3.58. The fourth-order valence-corrected chi connectivity index (χ4v) is 1.22. The number of carbonyl (C=O) groups excluding carboxylic acids is 1. The van der Waals surface area contributed by atoms with Crippen LogP contribution in [0.15, 0.2) is 12.1 Å². The fourth-order valence-electron chi connectivity index (χ4n) is 1.22. The standard InChI is InChI=1S/C10H13NO2/c1-6-7(2)9(12)4-3-8(6)10(13)5-11/h3-4,12H,5,11H2,1-2H3. The Hall–Kier alpha value is -1.35. The highest BCUT2D eigenvalue weighted by Crippen LogP contribution is 2.22. The van der Waals surface area contributed by atoms with Gasteiger partial charge in [-0.25, -0.2) is 0 Å². The Kier molecular flexibility index (Phi) is 2.68. The number of phenols is 1. The predicted molar refractivity (Wildman–Crippen MR) is 51.0 cm³/mol. The molecular formula is C10H13NO2. The lowest BCUT2D eigenvalue weighted by Crippen LogP contribution is -2.15. The molecule has 3 N–H and O–H groups in total. The maximum absolute atomic E-state index is 11.3. The third kappa shape index (κ3) is 1.70. The van der Waals surface area contributed by atoms with Crippen molar-refractivity contribution in [2.24, 2.45) is 5.73 Å². The van der Waals surface area contributed by atoms with Crippen LogP contribution in [0.25, 0.3) is 0 Å². The van der Waals surface area contributed by atoms with Crippen LogP contribution >= 0.6 is 0 Å². The Bertz CT molecular complexity index is 345. The van der Waals surface area contributed by atoms with Crippen LogP contribution in [0.5, 0.6) is 5.75 Å². The van der Waals surface area contributed by atoms with E-state index in [1.807, 2.05) is 0 Å². The molecular weight excluding hydrogens is 166 g/mol. The molecule has 0 aliphatic carbocycles. The van der Waals surface area contributed by atoms with Gasteiger partial charge < -0.3 is 10.8 Å². The van der Waals surface area contributed by atoms with Crippen LogP contribution in [-0.4, -0.2) is 17.4 Å². The zero-order chi connectivity index (χ0) is 10.0. The highest BCUT2D eigenvalue weighted by atomic mass is 16.3. The molecule has 0 aliphatic heterocycles. The van der Waals surface area contributed by atoms with Crippen molar-refractivity contribution in [3.63, 3.8) is 0 Å². The second-order valence-electron chi connectivity index (χ2n) is 3.01. The summed E-state index contributed by atoms with van der Waals surface area (Å²) >= 11 is 0. The van der Waals surface area contributed by atoms with Crippen molar-refractivity contribution in [2.45, 2.75) is 13.8 Å². The number of ketones is 1. The zero-order valence-corrected chi connectivity index (χ0v) is 7.79. The second kappa shape index (κ2) is 3.58. The van der Waals surface area contributed by atoms with Crippen LogP contribution in [0.2, 0.25) is 0 Å². The summed E-state index contributed by atoms with van der Waals surface area (Å²) < 4.78 is 0. The fraction of sp³-hybridized carbons (Fsp3) is 0.300. The molecule has 1 aromatic rings. The lowest BCUT2D eigenvalue weighted by Gasteiger charge is -2.07. The van der Waals surface area contributed by atoms with Gasteiger partial charge in [-0.15, -0.1) is 0 Å². The van der Waals surface area contributed by atoms with E-state index in [-0.39, 0.29) is 18.1 Å². The SMILES string of the molecule is Cc1c(O)ccc(C(=O)CN)c1C. The Morgan fingerprint density at radius 2 is 2.00 bits per heavy atom. The zero-order valence-electron chi connectivity index (χ0n) is 7.79. The van der Waals surface area contributed by atoms with Crippen molar-refractivity contribution < 1.29 is 9.90 Å². The first kappa shape index (κ1) is 9.74. The highest BCUT2D eigenvalue weighted by Gasteiger charge is 2.10. The third-order valence-corrected chi connectivity index (χ3v) is 2.24. The summed E-state index contributed by atoms with van der Waals surface area (Å²) in [6.07, 6.45) is 0. The van der Waals surface area contributed by atoms with Gasteiger partial charge in [-0.3, -0.25) is 4.79 Å². The van der Waals surface area contributed by atoms with Gasteiger partial charge in [0.25, 0.3) is 0 Å². The number of hydrogen-bond acceptors (Lipinski definition) is 3. The van der Waals surface area contributed by atoms with Crippen LogP contribution < -0.4 is 5.73 Å². The number of hydrogen-bond donors (Lipinski definition) is 2. The quantitative estimate of drug-likeness (QED) is 0.669. The molecule has 0 spiro atoms. The number of Topliss-reactive ketones (excluding diaryl/α,β-unsaturated/α-hetero) is 1. The molecule has 0 radical (unpaired) electrons. The summed E-state index contributed by atoms with van der Waals surface area (Å²) in [7, 11) is 0. The molecule has 0 heterocycles. The molecule has 0 bridgehead atoms. The van der Waals surface area contributed by atoms with Crippen LogP contribution in [0.3, 0.4) is 0 Å². The minimum Gasteiger partial charge on any atom is -0.508 e. The number of aromatic hydroxyl groups is 1. The van der Waals surface area contributed by atoms with Gasteiger partial charge in [0.2, 0.25) is 0 Å². The van der Waals surface area contributed by atoms with E-state index < -0.39 is 0 Å². The molecule has 0 aliphatic rings. The van der Waals surface area contributed by atoms with Crippen molar-refractivity contribution in [1.82, 2.24) is 0 Å². The third-order valence-electron chi connectivity index (χ3n) is 2.24. The monoisotopic (exact) mass is 179 g/mol. The van der Waals surface area contributed by atoms with E-state index in [1.165, 1.54) is 6.07 Å². The van der Waals surface area contributed by atoms with Gasteiger partial charge in [0.15, 0.2) is 5.78 Å². The average Bonchev–Trinajstić information content (AvgIpc) is 2.13. The van der Waals surface area contributed by atoms with Gasteiger partial charge in [-0.1, -0.05) is 0 Å². The summed E-state index contributed by atoms with van der Waals surface area (Å²) in [5.41, 5.74) is 7.38. The molecule has 1 aromatic carbocycles. The first-order chi connectivity index (χ1) is 6.07. The highest BCUT2D eigenvalue weighted by molar-refractivity contribution is 5.99. The van der Waals surface area contributed by atoms with Crippen molar-refractivity contribution >= 4 is 5.78 Å². The largest absolute Gasteiger partial charge is 0.508 e. The van der Waals surface area contributed by atoms with Gasteiger partial charge in [0, 0.05) is 5.56 Å². The Morgan fingerprint density at radius 3 is 2.54 bits per heavy atom.